The predicted octanol–water partition coefficient (Wildman–Crippen LogP) is 3.53. The Balaban J connectivity index is 1.78. The van der Waals surface area contributed by atoms with Gasteiger partial charge in [-0.05, 0) is 54.7 Å². The molecule has 0 bridgehead atoms. The third kappa shape index (κ3) is 3.87. The number of nitrogens with zero attached hydrogens (tertiary/aromatic N) is 1. The molecule has 1 heterocycles. The number of ether oxygens (including phenoxy) is 1. The van der Waals surface area contributed by atoms with Crippen LogP contribution < -0.4 is 15.4 Å². The summed E-state index contributed by atoms with van der Waals surface area (Å²) in [5, 5.41) is 5.55. The second kappa shape index (κ2) is 8.18. The molecular weight excluding hydrogens is 382 g/mol. The lowest BCUT2D eigenvalue weighted by Gasteiger charge is -2.23. The minimum absolute atomic E-state index is 0.222. The number of imide groups is 1. The average Bonchev–Trinajstić information content (AvgIpc) is 2.92. The maximum absolute atomic E-state index is 13.1. The van der Waals surface area contributed by atoms with E-state index >= 15 is 0 Å². The van der Waals surface area contributed by atoms with Crippen molar-refractivity contribution in [3.05, 3.63) is 59.2 Å². The highest BCUT2D eigenvalue weighted by molar-refractivity contribution is 6.10. The fraction of sp³-hybridized carbons (Fsp3) is 0.348. The highest BCUT2D eigenvalue weighted by Crippen LogP contribution is 2.32. The Kier molecular flexibility index (Phi) is 5.82. The van der Waals surface area contributed by atoms with Crippen molar-refractivity contribution in [2.24, 2.45) is 0 Å². The number of anilines is 1. The SMILES string of the molecule is COc1ccc(C2(C)NC(=O)N(CC(=O)Nc3ccccc3C(C)C)C2=O)cc1C. The predicted molar refractivity (Wildman–Crippen MR) is 114 cm³/mol. The normalized spacial score (nSPS) is 18.5. The molecule has 1 saturated heterocycles. The minimum Gasteiger partial charge on any atom is -0.496 e. The number of methoxy groups -OCH3 is 1. The molecule has 2 N–H and O–H groups in total. The van der Waals surface area contributed by atoms with Gasteiger partial charge in [0.25, 0.3) is 5.91 Å². The lowest BCUT2D eigenvalue weighted by Crippen LogP contribution is -2.42. The van der Waals surface area contributed by atoms with Crippen molar-refractivity contribution >= 4 is 23.5 Å². The van der Waals surface area contributed by atoms with Crippen LogP contribution in [0.25, 0.3) is 0 Å². The maximum Gasteiger partial charge on any atom is 0.325 e. The molecule has 30 heavy (non-hydrogen) atoms. The monoisotopic (exact) mass is 409 g/mol. The number of carbonyl (C=O) groups is 3. The van der Waals surface area contributed by atoms with Crippen molar-refractivity contribution < 1.29 is 19.1 Å². The molecule has 1 atom stereocenters. The number of amides is 4. The lowest BCUT2D eigenvalue weighted by molar-refractivity contribution is -0.133. The molecule has 1 aliphatic heterocycles. The standard InChI is InChI=1S/C23H27N3O4/c1-14(2)17-8-6-7-9-18(17)24-20(27)13-26-21(28)23(4,25-22(26)29)16-10-11-19(30-5)15(3)12-16/h6-12,14H,13H2,1-5H3,(H,24,27)(H,25,29). The molecule has 2 aromatic carbocycles. The van der Waals surface area contributed by atoms with Gasteiger partial charge in [-0.3, -0.25) is 14.5 Å². The Morgan fingerprint density at radius 1 is 1.20 bits per heavy atom. The van der Waals surface area contributed by atoms with E-state index in [4.69, 9.17) is 4.74 Å². The first-order valence-electron chi connectivity index (χ1n) is 9.85. The van der Waals surface area contributed by atoms with Crippen molar-refractivity contribution in [3.8, 4) is 5.75 Å². The number of hydrogen-bond donors (Lipinski definition) is 2. The molecule has 0 aromatic heterocycles. The van der Waals surface area contributed by atoms with Crippen LogP contribution in [-0.2, 0) is 15.1 Å². The van der Waals surface area contributed by atoms with Crippen LogP contribution in [0.3, 0.4) is 0 Å². The summed E-state index contributed by atoms with van der Waals surface area (Å²) < 4.78 is 5.26. The van der Waals surface area contributed by atoms with Crippen LogP contribution in [0.1, 0.15) is 43.4 Å². The molecule has 0 radical (unpaired) electrons. The van der Waals surface area contributed by atoms with E-state index in [1.807, 2.05) is 45.0 Å². The fourth-order valence-electron chi connectivity index (χ4n) is 3.67. The number of urea groups is 1. The van der Waals surface area contributed by atoms with Gasteiger partial charge in [0.2, 0.25) is 5.91 Å². The van der Waals surface area contributed by atoms with Gasteiger partial charge in [0.1, 0.15) is 17.8 Å². The number of hydrogen-bond acceptors (Lipinski definition) is 4. The van der Waals surface area contributed by atoms with Crippen molar-refractivity contribution in [1.29, 1.82) is 0 Å². The summed E-state index contributed by atoms with van der Waals surface area (Å²) in [7, 11) is 1.57. The molecule has 0 saturated carbocycles. The van der Waals surface area contributed by atoms with E-state index in [0.717, 1.165) is 16.0 Å². The topological polar surface area (TPSA) is 87.7 Å². The molecular formula is C23H27N3O4. The minimum atomic E-state index is -1.25. The van der Waals surface area contributed by atoms with Crippen molar-refractivity contribution in [2.75, 3.05) is 19.0 Å². The number of benzene rings is 2. The van der Waals surface area contributed by atoms with Crippen molar-refractivity contribution in [1.82, 2.24) is 10.2 Å². The Labute approximate surface area is 176 Å². The van der Waals surface area contributed by atoms with Crippen LogP contribution in [-0.4, -0.2) is 36.4 Å². The number of carbonyl (C=O) groups excluding carboxylic acids is 3. The van der Waals surface area contributed by atoms with Gasteiger partial charge in [-0.15, -0.1) is 0 Å². The molecule has 1 aliphatic rings. The molecule has 0 spiro atoms. The smallest absolute Gasteiger partial charge is 0.325 e. The largest absolute Gasteiger partial charge is 0.496 e. The third-order valence-electron chi connectivity index (χ3n) is 5.41. The summed E-state index contributed by atoms with van der Waals surface area (Å²) in [5.41, 5.74) is 1.90. The van der Waals surface area contributed by atoms with Gasteiger partial charge in [0.05, 0.1) is 7.11 Å². The second-order valence-electron chi connectivity index (χ2n) is 7.92. The van der Waals surface area contributed by atoms with Gasteiger partial charge >= 0.3 is 6.03 Å². The van der Waals surface area contributed by atoms with Gasteiger partial charge in [-0.2, -0.15) is 0 Å². The van der Waals surface area contributed by atoms with Gasteiger partial charge < -0.3 is 15.4 Å². The fourth-order valence-corrected chi connectivity index (χ4v) is 3.67. The van der Waals surface area contributed by atoms with Gasteiger partial charge in [-0.25, -0.2) is 4.79 Å². The quantitative estimate of drug-likeness (QED) is 0.715. The van der Waals surface area contributed by atoms with E-state index in [2.05, 4.69) is 10.6 Å². The first-order valence-corrected chi connectivity index (χ1v) is 9.85. The van der Waals surface area contributed by atoms with Crippen LogP contribution >= 0.6 is 0 Å². The molecule has 1 unspecified atom stereocenters. The Hall–Kier alpha value is -3.35. The zero-order valence-corrected chi connectivity index (χ0v) is 17.9. The number of rotatable bonds is 6. The zero-order valence-electron chi connectivity index (χ0n) is 17.9. The molecule has 3 rings (SSSR count). The van der Waals surface area contributed by atoms with Crippen LogP contribution in [0.5, 0.6) is 5.75 Å². The first kappa shape index (κ1) is 21.4. The highest BCUT2D eigenvalue weighted by atomic mass is 16.5. The summed E-state index contributed by atoms with van der Waals surface area (Å²) in [6.45, 7) is 7.21. The zero-order chi connectivity index (χ0) is 22.1. The van der Waals surface area contributed by atoms with E-state index in [0.29, 0.717) is 17.0 Å². The van der Waals surface area contributed by atoms with Crippen LogP contribution in [0.2, 0.25) is 0 Å². The highest BCUT2D eigenvalue weighted by Gasteiger charge is 2.49. The van der Waals surface area contributed by atoms with Crippen LogP contribution in [0.4, 0.5) is 10.5 Å². The molecule has 1 fully saturated rings. The summed E-state index contributed by atoms with van der Waals surface area (Å²) in [5.74, 6) is 0.0186. The molecule has 158 valence electrons. The summed E-state index contributed by atoms with van der Waals surface area (Å²) in [6, 6.07) is 12.2. The van der Waals surface area contributed by atoms with Gasteiger partial charge in [-0.1, -0.05) is 38.1 Å². The van der Waals surface area contributed by atoms with Crippen molar-refractivity contribution in [2.45, 2.75) is 39.2 Å². The molecule has 2 aromatic rings. The van der Waals surface area contributed by atoms with E-state index in [1.54, 1.807) is 32.2 Å². The van der Waals surface area contributed by atoms with E-state index in [1.165, 1.54) is 0 Å². The molecule has 0 aliphatic carbocycles. The van der Waals surface area contributed by atoms with Gasteiger partial charge in [0, 0.05) is 5.69 Å². The van der Waals surface area contributed by atoms with Gasteiger partial charge in [0.15, 0.2) is 0 Å². The Morgan fingerprint density at radius 3 is 2.53 bits per heavy atom. The van der Waals surface area contributed by atoms with Crippen LogP contribution in [0, 0.1) is 6.92 Å². The van der Waals surface area contributed by atoms with E-state index in [-0.39, 0.29) is 12.5 Å². The maximum atomic E-state index is 13.1. The number of para-hydroxylation sites is 1. The van der Waals surface area contributed by atoms with E-state index in [9.17, 15) is 14.4 Å². The summed E-state index contributed by atoms with van der Waals surface area (Å²) in [4.78, 5) is 39.2. The second-order valence-corrected chi connectivity index (χ2v) is 7.92. The first-order chi connectivity index (χ1) is 14.2. The van der Waals surface area contributed by atoms with Crippen LogP contribution in [0.15, 0.2) is 42.5 Å². The number of aryl methyl sites for hydroxylation is 1. The summed E-state index contributed by atoms with van der Waals surface area (Å²) >= 11 is 0. The Morgan fingerprint density at radius 2 is 1.90 bits per heavy atom. The Bertz CT molecular complexity index is 1000. The average molecular weight is 409 g/mol. The van der Waals surface area contributed by atoms with Crippen molar-refractivity contribution in [3.63, 3.8) is 0 Å². The lowest BCUT2D eigenvalue weighted by atomic mass is 9.90. The number of nitrogens with one attached hydrogen (secondary N) is 2. The summed E-state index contributed by atoms with van der Waals surface area (Å²) in [6.07, 6.45) is 0. The molecule has 4 amide bonds. The molecule has 7 nitrogen and oxygen atoms in total. The molecule has 7 heteroatoms. The van der Waals surface area contributed by atoms with E-state index < -0.39 is 23.4 Å². The third-order valence-corrected chi connectivity index (χ3v) is 5.41.